The lowest BCUT2D eigenvalue weighted by Gasteiger charge is -2.19. The van der Waals surface area contributed by atoms with Gasteiger partial charge in [-0.2, -0.15) is 4.68 Å². The quantitative estimate of drug-likeness (QED) is 0.901. The molecule has 0 aliphatic heterocycles. The maximum atomic E-state index is 12.1. The highest BCUT2D eigenvalue weighted by molar-refractivity contribution is 5.95. The Kier molecular flexibility index (Phi) is 3.46. The van der Waals surface area contributed by atoms with Gasteiger partial charge < -0.3 is 10.1 Å². The van der Waals surface area contributed by atoms with E-state index in [9.17, 15) is 4.79 Å². The van der Waals surface area contributed by atoms with E-state index in [1.54, 1.807) is 0 Å². The van der Waals surface area contributed by atoms with Crippen LogP contribution in [0.1, 0.15) is 27.7 Å². The molecule has 0 radical (unpaired) electrons. The SMILES string of the molecule is CCNc1nn(C(=O)OC(C)(C)C)c2ccccc12. The molecule has 0 unspecified atom stereocenters. The number of hydrogen-bond acceptors (Lipinski definition) is 4. The molecule has 0 fully saturated rings. The molecule has 0 saturated heterocycles. The van der Waals surface area contributed by atoms with Crippen LogP contribution in [0.25, 0.3) is 10.9 Å². The van der Waals surface area contributed by atoms with Crippen LogP contribution in [0.15, 0.2) is 24.3 Å². The normalized spacial score (nSPS) is 11.6. The summed E-state index contributed by atoms with van der Waals surface area (Å²) in [6, 6.07) is 7.58. The van der Waals surface area contributed by atoms with E-state index in [1.807, 2.05) is 52.0 Å². The smallest absolute Gasteiger partial charge is 0.435 e. The summed E-state index contributed by atoms with van der Waals surface area (Å²) in [4.78, 5) is 12.1. The first kappa shape index (κ1) is 13.4. The molecular formula is C14H19N3O2. The van der Waals surface area contributed by atoms with E-state index < -0.39 is 11.7 Å². The predicted octanol–water partition coefficient (Wildman–Crippen LogP) is 3.25. The number of fused-ring (bicyclic) bond motifs is 1. The van der Waals surface area contributed by atoms with Gasteiger partial charge in [0.05, 0.1) is 5.52 Å². The molecule has 1 N–H and O–H groups in total. The molecule has 0 aliphatic carbocycles. The number of aromatic nitrogens is 2. The van der Waals surface area contributed by atoms with Gasteiger partial charge in [-0.3, -0.25) is 0 Å². The number of rotatable bonds is 2. The van der Waals surface area contributed by atoms with Gasteiger partial charge in [-0.1, -0.05) is 12.1 Å². The zero-order valence-electron chi connectivity index (χ0n) is 11.7. The number of para-hydroxylation sites is 1. The van der Waals surface area contributed by atoms with Crippen molar-refractivity contribution in [1.82, 2.24) is 9.78 Å². The van der Waals surface area contributed by atoms with E-state index in [0.29, 0.717) is 5.82 Å². The van der Waals surface area contributed by atoms with Gasteiger partial charge in [0.15, 0.2) is 5.82 Å². The molecule has 5 heteroatoms. The standard InChI is InChI=1S/C14H19N3O2/c1-5-15-12-10-8-6-7-9-11(10)17(16-12)13(18)19-14(2,3)4/h6-9H,5H2,1-4H3,(H,15,16). The van der Waals surface area contributed by atoms with Crippen molar-refractivity contribution < 1.29 is 9.53 Å². The van der Waals surface area contributed by atoms with Crippen LogP contribution < -0.4 is 5.32 Å². The second-order valence-electron chi connectivity index (χ2n) is 5.29. The minimum Gasteiger partial charge on any atom is -0.442 e. The molecular weight excluding hydrogens is 242 g/mol. The Balaban J connectivity index is 2.46. The molecule has 102 valence electrons. The highest BCUT2D eigenvalue weighted by Crippen LogP contribution is 2.23. The summed E-state index contributed by atoms with van der Waals surface area (Å²) in [6.45, 7) is 8.24. The van der Waals surface area contributed by atoms with E-state index >= 15 is 0 Å². The molecule has 1 aromatic heterocycles. The summed E-state index contributed by atoms with van der Waals surface area (Å²) in [7, 11) is 0. The molecule has 0 saturated carbocycles. The zero-order chi connectivity index (χ0) is 14.0. The summed E-state index contributed by atoms with van der Waals surface area (Å²) in [5.74, 6) is 0.698. The van der Waals surface area contributed by atoms with E-state index in [2.05, 4.69) is 10.4 Å². The molecule has 0 aliphatic rings. The van der Waals surface area contributed by atoms with Crippen LogP contribution in [0.4, 0.5) is 10.6 Å². The highest BCUT2D eigenvalue weighted by Gasteiger charge is 2.21. The maximum absolute atomic E-state index is 12.1. The first-order valence-electron chi connectivity index (χ1n) is 6.37. The molecule has 0 spiro atoms. The lowest BCUT2D eigenvalue weighted by Crippen LogP contribution is -2.27. The van der Waals surface area contributed by atoms with Gasteiger partial charge in [-0.05, 0) is 39.8 Å². The van der Waals surface area contributed by atoms with Gasteiger partial charge in [0.1, 0.15) is 5.60 Å². The molecule has 19 heavy (non-hydrogen) atoms. The second-order valence-corrected chi connectivity index (χ2v) is 5.29. The zero-order valence-corrected chi connectivity index (χ0v) is 11.7. The highest BCUT2D eigenvalue weighted by atomic mass is 16.6. The number of hydrogen-bond donors (Lipinski definition) is 1. The van der Waals surface area contributed by atoms with Crippen LogP contribution in [0.2, 0.25) is 0 Å². The summed E-state index contributed by atoms with van der Waals surface area (Å²) in [5, 5.41) is 8.36. The number of ether oxygens (including phenoxy) is 1. The molecule has 0 amide bonds. The molecule has 2 rings (SSSR count). The van der Waals surface area contributed by atoms with Crippen molar-refractivity contribution in [3.8, 4) is 0 Å². The number of nitrogens with one attached hydrogen (secondary N) is 1. The summed E-state index contributed by atoms with van der Waals surface area (Å²) >= 11 is 0. The maximum Gasteiger partial charge on any atom is 0.435 e. The van der Waals surface area contributed by atoms with E-state index in [4.69, 9.17) is 4.74 Å². The van der Waals surface area contributed by atoms with Gasteiger partial charge in [0.25, 0.3) is 0 Å². The Morgan fingerprint density at radius 2 is 2.05 bits per heavy atom. The van der Waals surface area contributed by atoms with Crippen LogP contribution in [0, 0.1) is 0 Å². The van der Waals surface area contributed by atoms with E-state index in [-0.39, 0.29) is 0 Å². The Hall–Kier alpha value is -2.04. The van der Waals surface area contributed by atoms with Crippen LogP contribution >= 0.6 is 0 Å². The predicted molar refractivity (Wildman–Crippen MR) is 75.5 cm³/mol. The lowest BCUT2D eigenvalue weighted by atomic mass is 10.2. The number of nitrogens with zero attached hydrogens (tertiary/aromatic N) is 2. The van der Waals surface area contributed by atoms with E-state index in [0.717, 1.165) is 17.4 Å². The third-order valence-corrected chi connectivity index (χ3v) is 2.50. The fraction of sp³-hybridized carbons (Fsp3) is 0.429. The summed E-state index contributed by atoms with van der Waals surface area (Å²) in [6.07, 6.45) is -0.465. The molecule has 5 nitrogen and oxygen atoms in total. The topological polar surface area (TPSA) is 56.2 Å². The Morgan fingerprint density at radius 3 is 2.68 bits per heavy atom. The minimum atomic E-state index is -0.539. The van der Waals surface area contributed by atoms with Crippen LogP contribution in [-0.4, -0.2) is 28.0 Å². The van der Waals surface area contributed by atoms with Gasteiger partial charge in [-0.25, -0.2) is 4.79 Å². The molecule has 2 aromatic rings. The minimum absolute atomic E-state index is 0.465. The molecule has 1 aromatic carbocycles. The number of carbonyl (C=O) groups is 1. The van der Waals surface area contributed by atoms with Crippen molar-refractivity contribution in [3.05, 3.63) is 24.3 Å². The van der Waals surface area contributed by atoms with Crippen LogP contribution in [0.5, 0.6) is 0 Å². The van der Waals surface area contributed by atoms with Gasteiger partial charge in [0.2, 0.25) is 0 Å². The van der Waals surface area contributed by atoms with Crippen LogP contribution in [0.3, 0.4) is 0 Å². The number of carbonyl (C=O) groups excluding carboxylic acids is 1. The lowest BCUT2D eigenvalue weighted by molar-refractivity contribution is 0.0523. The van der Waals surface area contributed by atoms with Crippen LogP contribution in [-0.2, 0) is 4.74 Å². The third-order valence-electron chi connectivity index (χ3n) is 2.50. The van der Waals surface area contributed by atoms with Crippen molar-refractivity contribution >= 4 is 22.8 Å². The Labute approximate surface area is 112 Å². The first-order chi connectivity index (χ1) is 8.92. The van der Waals surface area contributed by atoms with Crippen molar-refractivity contribution in [2.75, 3.05) is 11.9 Å². The molecule has 1 heterocycles. The largest absolute Gasteiger partial charge is 0.442 e. The average molecular weight is 261 g/mol. The average Bonchev–Trinajstić information content (AvgIpc) is 2.67. The fourth-order valence-corrected chi connectivity index (χ4v) is 1.81. The summed E-state index contributed by atoms with van der Waals surface area (Å²) in [5.41, 5.74) is 0.204. The van der Waals surface area contributed by atoms with Crippen molar-refractivity contribution in [2.24, 2.45) is 0 Å². The van der Waals surface area contributed by atoms with Gasteiger partial charge in [-0.15, -0.1) is 5.10 Å². The molecule has 0 atom stereocenters. The van der Waals surface area contributed by atoms with E-state index in [1.165, 1.54) is 4.68 Å². The number of benzene rings is 1. The third kappa shape index (κ3) is 2.86. The number of anilines is 1. The van der Waals surface area contributed by atoms with Gasteiger partial charge in [0, 0.05) is 11.9 Å². The van der Waals surface area contributed by atoms with Crippen molar-refractivity contribution in [3.63, 3.8) is 0 Å². The monoisotopic (exact) mass is 261 g/mol. The Morgan fingerprint density at radius 1 is 1.37 bits per heavy atom. The fourth-order valence-electron chi connectivity index (χ4n) is 1.81. The van der Waals surface area contributed by atoms with Gasteiger partial charge >= 0.3 is 6.09 Å². The first-order valence-corrected chi connectivity index (χ1v) is 6.37. The van der Waals surface area contributed by atoms with Crippen molar-refractivity contribution in [1.29, 1.82) is 0 Å². The summed E-state index contributed by atoms with van der Waals surface area (Å²) < 4.78 is 6.66. The van der Waals surface area contributed by atoms with Crippen molar-refractivity contribution in [2.45, 2.75) is 33.3 Å². The molecule has 0 bridgehead atoms. The second kappa shape index (κ2) is 4.91. The Bertz CT molecular complexity index is 596.